The summed E-state index contributed by atoms with van der Waals surface area (Å²) >= 11 is 0. The molecule has 0 atom stereocenters. The van der Waals surface area contributed by atoms with Crippen LogP contribution in [0.15, 0.2) is 0 Å². The molecule has 0 aromatic rings. The predicted molar refractivity (Wildman–Crippen MR) is 314 cm³/mol. The molecule has 11 nitrogen and oxygen atoms in total. The fraction of sp³-hybridized carbons (Fsp3) is 1.00. The van der Waals surface area contributed by atoms with Crippen molar-refractivity contribution in [2.24, 2.45) is 35.0 Å². The highest BCUT2D eigenvalue weighted by Gasteiger charge is 2.30. The van der Waals surface area contributed by atoms with E-state index in [1.807, 2.05) is 7.05 Å². The van der Waals surface area contributed by atoms with Crippen LogP contribution in [0.2, 0.25) is 0 Å². The molecule has 11 heteroatoms. The number of hydrogen-bond donors (Lipinski definition) is 4. The molecule has 5 aliphatic heterocycles. The molecular formula is C58H133N11. The topological polar surface area (TPSA) is 70.8 Å². The van der Waals surface area contributed by atoms with Crippen LogP contribution in [-0.4, -0.2) is 227 Å². The highest BCUT2D eigenvalue weighted by Crippen LogP contribution is 2.38. The van der Waals surface area contributed by atoms with Gasteiger partial charge in [-0.3, -0.25) is 9.80 Å². The molecule has 0 radical (unpaired) electrons. The van der Waals surface area contributed by atoms with Crippen molar-refractivity contribution in [3.8, 4) is 0 Å². The van der Waals surface area contributed by atoms with Crippen LogP contribution >= 0.6 is 0 Å². The van der Waals surface area contributed by atoms with Crippen LogP contribution in [-0.2, 0) is 0 Å². The molecule has 5 heterocycles. The normalized spacial score (nSPS) is 22.6. The van der Waals surface area contributed by atoms with Crippen LogP contribution < -0.4 is 21.3 Å². The van der Waals surface area contributed by atoms with Crippen molar-refractivity contribution in [3.63, 3.8) is 0 Å². The molecule has 1 aliphatic carbocycles. The summed E-state index contributed by atoms with van der Waals surface area (Å²) in [5.74, 6) is 4.28. The molecule has 0 unspecified atom stereocenters. The monoisotopic (exact) mass is 984 g/mol. The van der Waals surface area contributed by atoms with Crippen molar-refractivity contribution in [1.82, 2.24) is 55.6 Å². The number of nitrogens with one attached hydrogen (secondary N) is 4. The average Bonchev–Trinajstić information content (AvgIpc) is 3.27. The number of rotatable bonds is 6. The van der Waals surface area contributed by atoms with Gasteiger partial charge in [-0.2, -0.15) is 0 Å². The quantitative estimate of drug-likeness (QED) is 0.206. The zero-order valence-corrected chi connectivity index (χ0v) is 51.6. The zero-order chi connectivity index (χ0) is 53.4. The van der Waals surface area contributed by atoms with Crippen LogP contribution in [0.4, 0.5) is 0 Å². The Morgan fingerprint density at radius 1 is 0.449 bits per heavy atom. The largest absolute Gasteiger partial charge is 0.318 e. The van der Waals surface area contributed by atoms with E-state index in [1.165, 1.54) is 143 Å². The molecule has 6 rings (SSSR count). The van der Waals surface area contributed by atoms with E-state index in [9.17, 15) is 0 Å². The second-order valence-corrected chi connectivity index (χ2v) is 25.4. The van der Waals surface area contributed by atoms with Crippen LogP contribution in [0, 0.1) is 35.0 Å². The van der Waals surface area contributed by atoms with E-state index in [1.54, 1.807) is 0 Å². The van der Waals surface area contributed by atoms with E-state index in [-0.39, 0.29) is 0 Å². The number of hydrogen-bond acceptors (Lipinski definition) is 11. The highest BCUT2D eigenvalue weighted by molar-refractivity contribution is 4.84. The Labute approximate surface area is 436 Å². The minimum absolute atomic E-state index is 0.525. The summed E-state index contributed by atoms with van der Waals surface area (Å²) in [6.07, 6.45) is 11.1. The van der Waals surface area contributed by atoms with Gasteiger partial charge in [0.2, 0.25) is 0 Å². The molecule has 0 aromatic heterocycles. The van der Waals surface area contributed by atoms with Crippen LogP contribution in [0.5, 0.6) is 0 Å². The first-order chi connectivity index (χ1) is 32.2. The van der Waals surface area contributed by atoms with Gasteiger partial charge in [-0.05, 0) is 169 Å². The van der Waals surface area contributed by atoms with Crippen molar-refractivity contribution in [1.29, 1.82) is 0 Å². The fourth-order valence-electron chi connectivity index (χ4n) is 8.34. The number of nitrogens with zero attached hydrogens (tertiary/aromatic N) is 7. The molecule has 0 amide bonds. The lowest BCUT2D eigenvalue weighted by Gasteiger charge is -2.39. The van der Waals surface area contributed by atoms with Gasteiger partial charge in [-0.15, -0.1) is 0 Å². The van der Waals surface area contributed by atoms with Gasteiger partial charge in [0.05, 0.1) is 0 Å². The fourth-order valence-corrected chi connectivity index (χ4v) is 8.34. The van der Waals surface area contributed by atoms with Crippen molar-refractivity contribution < 1.29 is 0 Å². The lowest BCUT2D eigenvalue weighted by atomic mass is 9.71. The van der Waals surface area contributed by atoms with Gasteiger partial charge in [-0.25, -0.2) is 0 Å². The minimum Gasteiger partial charge on any atom is -0.318 e. The summed E-state index contributed by atoms with van der Waals surface area (Å²) in [5, 5.41) is 13.2. The summed E-state index contributed by atoms with van der Waals surface area (Å²) in [5.41, 5.74) is 0.525. The van der Waals surface area contributed by atoms with Gasteiger partial charge in [0.25, 0.3) is 0 Å². The molecule has 1 saturated carbocycles. The van der Waals surface area contributed by atoms with Crippen LogP contribution in [0.1, 0.15) is 155 Å². The number of piperidine rings is 2. The summed E-state index contributed by atoms with van der Waals surface area (Å²) in [6, 6.07) is 2.59. The Kier molecular flexibility index (Phi) is 48.7. The standard InChI is InChI=1S/C12H25N.2C10H21N3.C5H12N2.C5H14N2.4C4H10/c1-12(2,3)10-6-8-11(9-7-10)13(4)5;1-12-6-2-10(3-7-12)13-8-4-11-5-9-13;1-12-6-8-13(9-7-12)10-2-4-11-5-3-10;1-7-4-2-6-3-5-7;1-6-4-5-7(2)3;4*1-4(2)3/h10-11H,6-9H2,1-5H3;2*10-11H,2-9H2,1H3;6H,2-5H2,1H3;6H,4-5H2,1-3H3;4*4H,1-3H3. The third kappa shape index (κ3) is 50.9. The Hall–Kier alpha value is -0.440. The Morgan fingerprint density at radius 2 is 0.783 bits per heavy atom. The predicted octanol–water partition coefficient (Wildman–Crippen LogP) is 9.06. The first kappa shape index (κ1) is 72.8. The molecule has 420 valence electrons. The lowest BCUT2D eigenvalue weighted by Crippen LogP contribution is -2.51. The number of likely N-dealkylation sites (tertiary alicyclic amines) is 1. The van der Waals surface area contributed by atoms with Gasteiger partial charge in [0, 0.05) is 110 Å². The molecule has 5 saturated heterocycles. The van der Waals surface area contributed by atoms with E-state index < -0.39 is 0 Å². The van der Waals surface area contributed by atoms with Crippen LogP contribution in [0.3, 0.4) is 0 Å². The maximum Gasteiger partial charge on any atom is 0.0121 e. The van der Waals surface area contributed by atoms with Crippen molar-refractivity contribution in [3.05, 3.63) is 0 Å². The maximum absolute atomic E-state index is 3.43. The Morgan fingerprint density at radius 3 is 1.10 bits per heavy atom. The van der Waals surface area contributed by atoms with E-state index in [0.29, 0.717) is 5.41 Å². The van der Waals surface area contributed by atoms with Gasteiger partial charge in [0.1, 0.15) is 0 Å². The third-order valence-corrected chi connectivity index (χ3v) is 12.5. The molecule has 6 fully saturated rings. The second kappa shape index (κ2) is 46.1. The van der Waals surface area contributed by atoms with Crippen LogP contribution in [0.25, 0.3) is 0 Å². The Balaban J connectivity index is -0.000000743. The van der Waals surface area contributed by atoms with Gasteiger partial charge in [-0.1, -0.05) is 104 Å². The van der Waals surface area contributed by atoms with E-state index in [2.05, 4.69) is 209 Å². The summed E-state index contributed by atoms with van der Waals surface area (Å²) < 4.78 is 0. The smallest absolute Gasteiger partial charge is 0.0121 e. The van der Waals surface area contributed by atoms with Crippen molar-refractivity contribution in [2.45, 2.75) is 173 Å². The van der Waals surface area contributed by atoms with Gasteiger partial charge in [0.15, 0.2) is 0 Å². The third-order valence-electron chi connectivity index (χ3n) is 12.5. The molecule has 0 aromatic carbocycles. The molecule has 0 bridgehead atoms. The molecular weight excluding hydrogens is 851 g/mol. The number of likely N-dealkylation sites (N-methyl/N-ethyl adjacent to an activating group) is 4. The first-order valence-corrected chi connectivity index (χ1v) is 28.8. The summed E-state index contributed by atoms with van der Waals surface area (Å²) in [6.45, 7) is 55.1. The Bertz CT molecular complexity index is 936. The first-order valence-electron chi connectivity index (χ1n) is 28.8. The average molecular weight is 985 g/mol. The summed E-state index contributed by atoms with van der Waals surface area (Å²) in [7, 11) is 17.1. The molecule has 69 heavy (non-hydrogen) atoms. The molecule has 0 spiro atoms. The van der Waals surface area contributed by atoms with E-state index in [0.717, 1.165) is 73.9 Å². The maximum atomic E-state index is 3.43. The SMILES string of the molecule is CC(C)C.CC(C)C.CC(C)C.CC(C)C.CN(C)C1CCC(C(C)(C)C)CC1.CN1CCC(N2CCNCC2)CC1.CN1CCN(C2CCNCC2)CC1.CN1CCNCC1.CNCCN(C)C. The van der Waals surface area contributed by atoms with E-state index >= 15 is 0 Å². The highest BCUT2D eigenvalue weighted by atomic mass is 15.3. The number of piperazine rings is 3. The van der Waals surface area contributed by atoms with Crippen molar-refractivity contribution >= 4 is 0 Å². The lowest BCUT2D eigenvalue weighted by molar-refractivity contribution is 0.0948. The minimum atomic E-state index is 0.525. The molecule has 4 N–H and O–H groups in total. The van der Waals surface area contributed by atoms with Gasteiger partial charge < -0.3 is 45.8 Å². The molecule has 6 aliphatic rings. The van der Waals surface area contributed by atoms with Crippen molar-refractivity contribution in [2.75, 3.05) is 174 Å². The zero-order valence-electron chi connectivity index (χ0n) is 51.6. The van der Waals surface area contributed by atoms with E-state index in [4.69, 9.17) is 0 Å². The second-order valence-electron chi connectivity index (χ2n) is 25.4. The summed E-state index contributed by atoms with van der Waals surface area (Å²) in [4.78, 5) is 17.1. The van der Waals surface area contributed by atoms with Gasteiger partial charge >= 0.3 is 0 Å².